The fraction of sp³-hybridized carbons (Fsp3) is 0.222. The number of fused-ring (bicyclic) bond motifs is 1. The quantitative estimate of drug-likeness (QED) is 0.697. The van der Waals surface area contributed by atoms with Crippen LogP contribution in [0.15, 0.2) is 39.5 Å². The number of hydrogen-bond acceptors (Lipinski definition) is 4. The molecule has 1 aliphatic heterocycles. The Labute approximate surface area is 150 Å². The Bertz CT molecular complexity index is 1080. The van der Waals surface area contributed by atoms with E-state index in [9.17, 15) is 22.8 Å². The van der Waals surface area contributed by atoms with Gasteiger partial charge in [-0.05, 0) is 30.3 Å². The van der Waals surface area contributed by atoms with Gasteiger partial charge in [-0.3, -0.25) is 9.78 Å². The minimum Gasteiger partial charge on any atom is -0.408 e. The van der Waals surface area contributed by atoms with Gasteiger partial charge in [0, 0.05) is 31.9 Å². The number of halogens is 3. The van der Waals surface area contributed by atoms with Crippen LogP contribution in [0.4, 0.5) is 18.9 Å². The van der Waals surface area contributed by atoms with Crippen molar-refractivity contribution in [1.29, 1.82) is 0 Å². The number of anilines is 1. The first-order valence-electron chi connectivity index (χ1n) is 8.24. The summed E-state index contributed by atoms with van der Waals surface area (Å²) in [7, 11) is 0. The molecule has 140 valence electrons. The van der Waals surface area contributed by atoms with E-state index in [2.05, 4.69) is 4.98 Å². The third-order valence-corrected chi connectivity index (χ3v) is 4.60. The summed E-state index contributed by atoms with van der Waals surface area (Å²) in [6.45, 7) is 1.50. The predicted molar refractivity (Wildman–Crippen MR) is 91.3 cm³/mol. The first-order valence-corrected chi connectivity index (χ1v) is 8.24. The van der Waals surface area contributed by atoms with E-state index in [1.54, 1.807) is 18.2 Å². The zero-order valence-corrected chi connectivity index (χ0v) is 14.0. The van der Waals surface area contributed by atoms with Crippen LogP contribution in [-0.2, 0) is 0 Å². The van der Waals surface area contributed by atoms with E-state index < -0.39 is 34.7 Å². The van der Waals surface area contributed by atoms with E-state index in [0.717, 1.165) is 17.8 Å². The van der Waals surface area contributed by atoms with E-state index in [1.807, 2.05) is 4.90 Å². The molecule has 0 radical (unpaired) electrons. The smallest absolute Gasteiger partial charge is 0.408 e. The van der Waals surface area contributed by atoms with Crippen molar-refractivity contribution in [2.45, 2.75) is 0 Å². The van der Waals surface area contributed by atoms with Crippen LogP contribution in [-0.4, -0.2) is 42.0 Å². The van der Waals surface area contributed by atoms with Gasteiger partial charge in [0.2, 0.25) is 0 Å². The molecule has 0 atom stereocenters. The molecule has 4 rings (SSSR count). The molecule has 3 aromatic rings. The van der Waals surface area contributed by atoms with Crippen LogP contribution in [0.25, 0.3) is 11.1 Å². The maximum atomic E-state index is 13.8. The van der Waals surface area contributed by atoms with Gasteiger partial charge in [0.15, 0.2) is 23.0 Å². The average molecular weight is 377 g/mol. The van der Waals surface area contributed by atoms with Crippen LogP contribution >= 0.6 is 0 Å². The van der Waals surface area contributed by atoms with Gasteiger partial charge in [0.1, 0.15) is 0 Å². The van der Waals surface area contributed by atoms with Gasteiger partial charge >= 0.3 is 5.76 Å². The molecule has 6 nitrogen and oxygen atoms in total. The molecular formula is C18H14F3N3O3. The summed E-state index contributed by atoms with van der Waals surface area (Å²) < 4.78 is 45.2. The molecule has 0 saturated carbocycles. The van der Waals surface area contributed by atoms with E-state index >= 15 is 0 Å². The number of nitrogens with one attached hydrogen (secondary N) is 1. The summed E-state index contributed by atoms with van der Waals surface area (Å²) in [5, 5.41) is 0. The number of rotatable bonds is 2. The molecule has 1 amide bonds. The number of hydrogen-bond donors (Lipinski definition) is 1. The first-order chi connectivity index (χ1) is 12.9. The summed E-state index contributed by atoms with van der Waals surface area (Å²) in [4.78, 5) is 29.6. The number of amides is 1. The average Bonchev–Trinajstić information content (AvgIpc) is 3.05. The molecule has 0 unspecified atom stereocenters. The highest BCUT2D eigenvalue weighted by atomic mass is 19.2. The van der Waals surface area contributed by atoms with Crippen LogP contribution < -0.4 is 10.7 Å². The number of carbonyl (C=O) groups excluding carboxylic acids is 1. The fourth-order valence-corrected chi connectivity index (χ4v) is 3.17. The standard InChI is InChI=1S/C18H14F3N3O3/c19-12-3-2-11(15(20)16(12)21)17(25)24-7-5-23(6-8-24)10-1-4-14-13(9-10)22-18(26)27-14/h1-4,9H,5-8H2,(H,22,26). The Hall–Kier alpha value is -3.23. The van der Waals surface area contributed by atoms with E-state index in [-0.39, 0.29) is 13.1 Å². The molecule has 0 bridgehead atoms. The lowest BCUT2D eigenvalue weighted by Crippen LogP contribution is -2.49. The summed E-state index contributed by atoms with van der Waals surface area (Å²) in [6.07, 6.45) is 0. The molecular weight excluding hydrogens is 363 g/mol. The maximum Gasteiger partial charge on any atom is 0.417 e. The molecule has 1 N–H and O–H groups in total. The Morgan fingerprint density at radius 3 is 2.48 bits per heavy atom. The van der Waals surface area contributed by atoms with Crippen molar-refractivity contribution >= 4 is 22.7 Å². The molecule has 27 heavy (non-hydrogen) atoms. The third-order valence-electron chi connectivity index (χ3n) is 4.60. The Morgan fingerprint density at radius 1 is 1.00 bits per heavy atom. The largest absolute Gasteiger partial charge is 0.417 e. The normalized spacial score (nSPS) is 14.8. The monoisotopic (exact) mass is 377 g/mol. The van der Waals surface area contributed by atoms with Crippen LogP contribution in [0.2, 0.25) is 0 Å². The Morgan fingerprint density at radius 2 is 1.74 bits per heavy atom. The summed E-state index contributed by atoms with van der Waals surface area (Å²) in [6, 6.07) is 6.93. The highest BCUT2D eigenvalue weighted by Crippen LogP contribution is 2.23. The topological polar surface area (TPSA) is 69.6 Å². The summed E-state index contributed by atoms with van der Waals surface area (Å²) in [5.74, 6) is -5.67. The molecule has 0 aliphatic carbocycles. The minimum atomic E-state index is -1.65. The lowest BCUT2D eigenvalue weighted by Gasteiger charge is -2.36. The highest BCUT2D eigenvalue weighted by Gasteiger charge is 2.26. The van der Waals surface area contributed by atoms with Gasteiger partial charge in [-0.15, -0.1) is 0 Å². The predicted octanol–water partition coefficient (Wildman–Crippen LogP) is 2.50. The second-order valence-electron chi connectivity index (χ2n) is 6.20. The number of nitrogens with zero attached hydrogens (tertiary/aromatic N) is 2. The fourth-order valence-electron chi connectivity index (χ4n) is 3.17. The lowest BCUT2D eigenvalue weighted by molar-refractivity contribution is 0.0740. The zero-order valence-electron chi connectivity index (χ0n) is 14.0. The molecule has 2 heterocycles. The van der Waals surface area contributed by atoms with E-state index in [4.69, 9.17) is 4.42 Å². The number of piperazine rings is 1. The van der Waals surface area contributed by atoms with Gasteiger partial charge in [0.25, 0.3) is 5.91 Å². The second-order valence-corrected chi connectivity index (χ2v) is 6.20. The van der Waals surface area contributed by atoms with Crippen molar-refractivity contribution in [2.24, 2.45) is 0 Å². The number of carbonyl (C=O) groups is 1. The molecule has 1 fully saturated rings. The van der Waals surface area contributed by atoms with Crippen molar-refractivity contribution in [3.05, 3.63) is 63.9 Å². The number of aromatic amines is 1. The van der Waals surface area contributed by atoms with Gasteiger partial charge in [0.05, 0.1) is 11.1 Å². The van der Waals surface area contributed by atoms with Crippen LogP contribution in [0.5, 0.6) is 0 Å². The highest BCUT2D eigenvalue weighted by molar-refractivity contribution is 5.94. The minimum absolute atomic E-state index is 0.289. The zero-order chi connectivity index (χ0) is 19.1. The van der Waals surface area contributed by atoms with Gasteiger partial charge < -0.3 is 14.2 Å². The molecule has 0 spiro atoms. The van der Waals surface area contributed by atoms with Crippen molar-refractivity contribution in [1.82, 2.24) is 9.88 Å². The van der Waals surface area contributed by atoms with Crippen LogP contribution in [0.1, 0.15) is 10.4 Å². The maximum absolute atomic E-state index is 13.8. The van der Waals surface area contributed by atoms with Crippen molar-refractivity contribution in [3.8, 4) is 0 Å². The Balaban J connectivity index is 1.48. The van der Waals surface area contributed by atoms with E-state index in [1.165, 1.54) is 4.90 Å². The van der Waals surface area contributed by atoms with Crippen LogP contribution in [0.3, 0.4) is 0 Å². The van der Waals surface area contributed by atoms with Gasteiger partial charge in [-0.1, -0.05) is 0 Å². The van der Waals surface area contributed by atoms with Crippen molar-refractivity contribution in [2.75, 3.05) is 31.1 Å². The molecule has 1 aliphatic rings. The first kappa shape index (κ1) is 17.2. The third kappa shape index (κ3) is 3.05. The van der Waals surface area contributed by atoms with Crippen molar-refractivity contribution in [3.63, 3.8) is 0 Å². The van der Waals surface area contributed by atoms with E-state index in [0.29, 0.717) is 24.2 Å². The summed E-state index contributed by atoms with van der Waals surface area (Å²) >= 11 is 0. The number of oxazole rings is 1. The van der Waals surface area contributed by atoms with Crippen molar-refractivity contribution < 1.29 is 22.4 Å². The lowest BCUT2D eigenvalue weighted by atomic mass is 10.1. The molecule has 1 aromatic heterocycles. The van der Waals surface area contributed by atoms with Gasteiger partial charge in [-0.25, -0.2) is 18.0 Å². The number of H-pyrrole nitrogens is 1. The number of aromatic nitrogens is 1. The SMILES string of the molecule is O=C(c1ccc(F)c(F)c1F)N1CCN(c2ccc3oc(=O)[nH]c3c2)CC1. The number of benzene rings is 2. The molecule has 2 aromatic carbocycles. The Kier molecular flexibility index (Phi) is 4.14. The van der Waals surface area contributed by atoms with Crippen LogP contribution in [0, 0.1) is 17.5 Å². The summed E-state index contributed by atoms with van der Waals surface area (Å²) in [5.41, 5.74) is 1.37. The molecule has 1 saturated heterocycles. The second kappa shape index (κ2) is 6.49. The molecule has 9 heteroatoms. The van der Waals surface area contributed by atoms with Gasteiger partial charge in [-0.2, -0.15) is 0 Å².